The number of hydrogen-bond donors (Lipinski definition) is 2. The summed E-state index contributed by atoms with van der Waals surface area (Å²) in [6.07, 6.45) is -6.96. The van der Waals surface area contributed by atoms with Crippen molar-refractivity contribution >= 4 is 46.3 Å². The fourth-order valence-electron chi connectivity index (χ4n) is 8.15. The van der Waals surface area contributed by atoms with E-state index in [1.807, 2.05) is 58.3 Å². The second-order valence-electron chi connectivity index (χ2n) is 15.3. The Morgan fingerprint density at radius 2 is 0.750 bits per heavy atom. The van der Waals surface area contributed by atoms with Crippen LogP contribution >= 0.6 is 23.5 Å². The second kappa shape index (κ2) is 20.1. The lowest BCUT2D eigenvalue weighted by Gasteiger charge is -2.36. The molecule has 0 bridgehead atoms. The lowest BCUT2D eigenvalue weighted by Crippen LogP contribution is -2.47. The molecule has 0 unspecified atom stereocenters. The Labute approximate surface area is 356 Å². The van der Waals surface area contributed by atoms with E-state index in [2.05, 4.69) is 19.6 Å². The first-order valence-corrected chi connectivity index (χ1v) is 22.2. The van der Waals surface area contributed by atoms with Gasteiger partial charge in [0.25, 0.3) is 0 Å². The molecule has 8 nitrogen and oxygen atoms in total. The SMILES string of the molecule is OCCN1CCN(CCCN2c3ccccc3Sc3ccc(C(F)(F)F)cc32)CC1.OCCN1CCN(CCCN2c3ccccc3Sc3ccc(C(F)(F)F)cc32)CC1. The Morgan fingerprint density at radius 3 is 1.10 bits per heavy atom. The molecule has 0 aromatic heterocycles. The highest BCUT2D eigenvalue weighted by atomic mass is 32.2. The number of benzene rings is 4. The Bertz CT molecular complexity index is 1880. The summed E-state index contributed by atoms with van der Waals surface area (Å²) in [4.78, 5) is 17.2. The standard InChI is InChI=1S/2C22H26F3N3OS/c2*23-22(24,25)17-6-7-21-19(16-17)28(18-4-1-2-5-20(18)30-21)9-3-8-26-10-12-27(13-11-26)14-15-29/h2*1-2,4-7,16,29H,3,8-15H2. The van der Waals surface area contributed by atoms with Crippen LogP contribution in [0.2, 0.25) is 0 Å². The number of fused-ring (bicyclic) bond motifs is 4. The Morgan fingerprint density at radius 1 is 0.417 bits per heavy atom. The van der Waals surface area contributed by atoms with Gasteiger partial charge in [0.2, 0.25) is 0 Å². The molecule has 324 valence electrons. The summed E-state index contributed by atoms with van der Waals surface area (Å²) in [6, 6.07) is 23.9. The topological polar surface area (TPSA) is 59.9 Å². The van der Waals surface area contributed by atoms with Gasteiger partial charge in [0.15, 0.2) is 0 Å². The highest BCUT2D eigenvalue weighted by molar-refractivity contribution is 8.00. The quantitative estimate of drug-likeness (QED) is 0.136. The van der Waals surface area contributed by atoms with Crippen molar-refractivity contribution in [3.63, 3.8) is 0 Å². The molecule has 0 radical (unpaired) electrons. The van der Waals surface area contributed by atoms with Crippen molar-refractivity contribution in [2.75, 3.05) is 115 Å². The van der Waals surface area contributed by atoms with Crippen LogP contribution in [0.15, 0.2) is 105 Å². The van der Waals surface area contributed by atoms with E-state index >= 15 is 0 Å². The van der Waals surface area contributed by atoms with Gasteiger partial charge in [-0.2, -0.15) is 26.3 Å². The predicted octanol–water partition coefficient (Wildman–Crippen LogP) is 8.62. The van der Waals surface area contributed by atoms with Gasteiger partial charge in [-0.3, -0.25) is 9.80 Å². The average Bonchev–Trinajstić information content (AvgIpc) is 3.24. The van der Waals surface area contributed by atoms with Crippen LogP contribution in [0.4, 0.5) is 49.1 Å². The number of hydrogen-bond acceptors (Lipinski definition) is 10. The van der Waals surface area contributed by atoms with Crippen LogP contribution < -0.4 is 9.80 Å². The van der Waals surface area contributed by atoms with E-state index in [1.165, 1.54) is 47.8 Å². The van der Waals surface area contributed by atoms with E-state index in [1.54, 1.807) is 12.1 Å². The molecule has 4 aliphatic heterocycles. The Balaban J connectivity index is 0.000000181. The number of piperazine rings is 2. The van der Waals surface area contributed by atoms with E-state index in [0.29, 0.717) is 37.6 Å². The van der Waals surface area contributed by atoms with Gasteiger partial charge in [-0.15, -0.1) is 0 Å². The van der Waals surface area contributed by atoms with Gasteiger partial charge in [0.05, 0.1) is 47.1 Å². The maximum absolute atomic E-state index is 13.3. The van der Waals surface area contributed by atoms with Crippen LogP contribution in [0.1, 0.15) is 24.0 Å². The van der Waals surface area contributed by atoms with Crippen LogP contribution in [0.5, 0.6) is 0 Å². The predicted molar refractivity (Wildman–Crippen MR) is 227 cm³/mol. The fourth-order valence-corrected chi connectivity index (χ4v) is 10.3. The summed E-state index contributed by atoms with van der Waals surface area (Å²) in [7, 11) is 0. The van der Waals surface area contributed by atoms with Crippen molar-refractivity contribution < 1.29 is 36.6 Å². The van der Waals surface area contributed by atoms with E-state index < -0.39 is 23.5 Å². The summed E-state index contributed by atoms with van der Waals surface area (Å²) >= 11 is 3.05. The zero-order chi connectivity index (χ0) is 42.3. The van der Waals surface area contributed by atoms with Gasteiger partial charge in [0.1, 0.15) is 0 Å². The molecule has 0 saturated carbocycles. The molecule has 4 aliphatic rings. The Hall–Kier alpha value is -3.48. The largest absolute Gasteiger partial charge is 0.416 e. The first kappa shape index (κ1) is 44.6. The van der Waals surface area contributed by atoms with Crippen molar-refractivity contribution in [3.05, 3.63) is 96.1 Å². The van der Waals surface area contributed by atoms with Gasteiger partial charge < -0.3 is 29.8 Å². The monoisotopic (exact) mass is 874 g/mol. The molecule has 0 atom stereocenters. The van der Waals surface area contributed by atoms with Crippen molar-refractivity contribution in [3.8, 4) is 0 Å². The van der Waals surface area contributed by atoms with E-state index in [0.717, 1.165) is 109 Å². The first-order valence-electron chi connectivity index (χ1n) is 20.5. The molecule has 60 heavy (non-hydrogen) atoms. The van der Waals surface area contributed by atoms with Gasteiger partial charge in [-0.1, -0.05) is 47.8 Å². The molecule has 4 aromatic rings. The molecule has 0 spiro atoms. The number of para-hydroxylation sites is 2. The number of aliphatic hydroxyl groups excluding tert-OH is 2. The average molecular weight is 875 g/mol. The van der Waals surface area contributed by atoms with Gasteiger partial charge >= 0.3 is 12.4 Å². The third-order valence-corrected chi connectivity index (χ3v) is 13.6. The lowest BCUT2D eigenvalue weighted by molar-refractivity contribution is -0.138. The number of alkyl halides is 6. The molecule has 0 amide bonds. The van der Waals surface area contributed by atoms with Crippen LogP contribution in [-0.2, 0) is 12.4 Å². The number of aliphatic hydroxyl groups is 2. The second-order valence-corrected chi connectivity index (χ2v) is 17.5. The zero-order valence-electron chi connectivity index (χ0n) is 33.5. The summed E-state index contributed by atoms with van der Waals surface area (Å²) in [5, 5.41) is 18.1. The molecule has 0 aliphatic carbocycles. The number of nitrogens with zero attached hydrogens (tertiary/aromatic N) is 6. The molecule has 16 heteroatoms. The molecule has 2 saturated heterocycles. The third kappa shape index (κ3) is 11.1. The van der Waals surface area contributed by atoms with Gasteiger partial charge in [-0.25, -0.2) is 0 Å². The fraction of sp³-hybridized carbons (Fsp3) is 0.455. The highest BCUT2D eigenvalue weighted by Gasteiger charge is 2.35. The third-order valence-electron chi connectivity index (χ3n) is 11.4. The van der Waals surface area contributed by atoms with Crippen LogP contribution in [0.3, 0.4) is 0 Å². The zero-order valence-corrected chi connectivity index (χ0v) is 35.1. The minimum absolute atomic E-state index is 0.186. The summed E-state index contributed by atoms with van der Waals surface area (Å²) in [5.41, 5.74) is 2.02. The minimum Gasteiger partial charge on any atom is -0.395 e. The number of β-amino-alcohol motifs (C(OH)–C–C–N with tert-alkyl or cyclic N) is 2. The molecule has 2 N–H and O–H groups in total. The minimum atomic E-state index is -4.35. The summed E-state index contributed by atoms with van der Waals surface area (Å²) in [5.74, 6) is 0. The summed E-state index contributed by atoms with van der Waals surface area (Å²) in [6.45, 7) is 12.6. The van der Waals surface area contributed by atoms with Crippen LogP contribution in [-0.4, -0.2) is 135 Å². The van der Waals surface area contributed by atoms with Gasteiger partial charge in [-0.05, 0) is 86.6 Å². The maximum Gasteiger partial charge on any atom is 0.416 e. The van der Waals surface area contributed by atoms with E-state index in [-0.39, 0.29) is 13.2 Å². The normalized spacial score (nSPS) is 17.7. The molecule has 4 heterocycles. The number of rotatable bonds is 12. The van der Waals surface area contributed by atoms with Crippen molar-refractivity contribution in [1.82, 2.24) is 19.6 Å². The van der Waals surface area contributed by atoms with Crippen molar-refractivity contribution in [2.45, 2.75) is 44.8 Å². The molecule has 8 rings (SSSR count). The van der Waals surface area contributed by atoms with Crippen molar-refractivity contribution in [2.24, 2.45) is 0 Å². The van der Waals surface area contributed by atoms with Crippen LogP contribution in [0.25, 0.3) is 0 Å². The summed E-state index contributed by atoms with van der Waals surface area (Å²) < 4.78 is 79.9. The van der Waals surface area contributed by atoms with Crippen molar-refractivity contribution in [1.29, 1.82) is 0 Å². The smallest absolute Gasteiger partial charge is 0.395 e. The van der Waals surface area contributed by atoms with Gasteiger partial charge in [0, 0.05) is 98.1 Å². The molecule has 4 aromatic carbocycles. The Kier molecular flexibility index (Phi) is 15.0. The first-order chi connectivity index (χ1) is 28.9. The molecule has 2 fully saturated rings. The van der Waals surface area contributed by atoms with E-state index in [4.69, 9.17) is 10.2 Å². The molecular weight excluding hydrogens is 823 g/mol. The van der Waals surface area contributed by atoms with Crippen LogP contribution in [0, 0.1) is 0 Å². The molecular formula is C44H52F6N6O2S2. The number of halogens is 6. The van der Waals surface area contributed by atoms with E-state index in [9.17, 15) is 26.3 Å². The highest BCUT2D eigenvalue weighted by Crippen LogP contribution is 2.51. The maximum atomic E-state index is 13.3. The lowest BCUT2D eigenvalue weighted by atomic mass is 10.1. The number of anilines is 4.